The molecule has 1 saturated heterocycles. The highest BCUT2D eigenvalue weighted by molar-refractivity contribution is 7.86. The van der Waals surface area contributed by atoms with E-state index in [4.69, 9.17) is 13.7 Å². The van der Waals surface area contributed by atoms with E-state index in [2.05, 4.69) is 20.8 Å². The lowest BCUT2D eigenvalue weighted by atomic mass is 9.35. The van der Waals surface area contributed by atoms with E-state index in [1.165, 1.54) is 0 Å². The Hall–Kier alpha value is -0.500. The summed E-state index contributed by atoms with van der Waals surface area (Å²) < 4.78 is 42.3. The molecule has 5 saturated carbocycles. The minimum atomic E-state index is -3.71. The van der Waals surface area contributed by atoms with Gasteiger partial charge in [0.2, 0.25) is 0 Å². The molecule has 0 spiro atoms. The molecular formula is C19H30O6S. The first-order chi connectivity index (χ1) is 11.7. The van der Waals surface area contributed by atoms with Crippen LogP contribution < -0.4 is 0 Å². The maximum Gasteiger partial charge on any atom is 0.264 e. The van der Waals surface area contributed by atoms with Gasteiger partial charge in [0, 0.05) is 17.8 Å². The molecule has 0 N–H and O–H groups in total. The molecule has 0 aromatic rings. The van der Waals surface area contributed by atoms with Crippen LogP contribution >= 0.6 is 0 Å². The maximum absolute atomic E-state index is 13.0. The van der Waals surface area contributed by atoms with Crippen LogP contribution in [0.1, 0.15) is 48.0 Å². The Balaban J connectivity index is 1.90. The maximum atomic E-state index is 13.0. The minimum Gasteiger partial charge on any atom is -0.344 e. The molecule has 148 valence electrons. The van der Waals surface area contributed by atoms with E-state index in [1.54, 1.807) is 0 Å². The van der Waals surface area contributed by atoms with Crippen LogP contribution in [0, 0.1) is 34.5 Å². The molecule has 6 nitrogen and oxygen atoms in total. The van der Waals surface area contributed by atoms with Crippen LogP contribution in [0.15, 0.2) is 0 Å². The molecule has 0 aromatic carbocycles. The molecule has 0 radical (unpaired) electrons. The first kappa shape index (κ1) is 18.8. The third-order valence-corrected chi connectivity index (χ3v) is 8.09. The highest BCUT2D eigenvalue weighted by atomic mass is 32.2. The van der Waals surface area contributed by atoms with Crippen molar-refractivity contribution in [2.24, 2.45) is 34.5 Å². The van der Waals surface area contributed by atoms with Crippen molar-refractivity contribution in [3.05, 3.63) is 0 Å². The summed E-state index contributed by atoms with van der Waals surface area (Å²) in [5.41, 5.74) is -0.865. The summed E-state index contributed by atoms with van der Waals surface area (Å²) in [4.78, 5) is 13.0. The fourth-order valence-electron chi connectivity index (χ4n) is 6.89. The summed E-state index contributed by atoms with van der Waals surface area (Å²) in [5, 5.41) is 0. The number of ether oxygens (including phenoxy) is 2. The topological polar surface area (TPSA) is 78.9 Å². The fourth-order valence-corrected chi connectivity index (χ4v) is 7.58. The van der Waals surface area contributed by atoms with Gasteiger partial charge in [-0.3, -0.25) is 8.98 Å². The van der Waals surface area contributed by atoms with Gasteiger partial charge < -0.3 is 9.47 Å². The lowest BCUT2D eigenvalue weighted by Gasteiger charge is -2.68. The van der Waals surface area contributed by atoms with Crippen molar-refractivity contribution in [3.63, 3.8) is 0 Å². The zero-order valence-corrected chi connectivity index (χ0v) is 17.4. The van der Waals surface area contributed by atoms with E-state index >= 15 is 0 Å². The van der Waals surface area contributed by atoms with Gasteiger partial charge in [-0.1, -0.05) is 27.7 Å². The molecule has 0 aromatic heterocycles. The van der Waals surface area contributed by atoms with Crippen molar-refractivity contribution in [1.29, 1.82) is 0 Å². The Morgan fingerprint density at radius 2 is 1.69 bits per heavy atom. The summed E-state index contributed by atoms with van der Waals surface area (Å²) in [5.74, 6) is -0.223. The van der Waals surface area contributed by atoms with E-state index in [0.717, 1.165) is 6.26 Å². The van der Waals surface area contributed by atoms with Crippen molar-refractivity contribution >= 4 is 15.9 Å². The van der Waals surface area contributed by atoms with Crippen molar-refractivity contribution in [2.45, 2.75) is 72.1 Å². The number of ketones is 1. The van der Waals surface area contributed by atoms with E-state index in [1.807, 2.05) is 20.8 Å². The van der Waals surface area contributed by atoms with E-state index < -0.39 is 33.5 Å². The highest BCUT2D eigenvalue weighted by Gasteiger charge is 2.79. The van der Waals surface area contributed by atoms with Crippen LogP contribution in [-0.4, -0.2) is 44.6 Å². The number of fused-ring (bicyclic) bond motifs is 2. The van der Waals surface area contributed by atoms with Crippen molar-refractivity contribution in [2.75, 3.05) is 6.26 Å². The van der Waals surface area contributed by atoms with Crippen molar-refractivity contribution in [1.82, 2.24) is 0 Å². The van der Waals surface area contributed by atoms with Gasteiger partial charge in [0.1, 0.15) is 18.0 Å². The summed E-state index contributed by atoms with van der Waals surface area (Å²) in [6, 6.07) is 0. The zero-order chi connectivity index (χ0) is 19.4. The molecule has 0 amide bonds. The molecule has 8 atom stereocenters. The molecule has 6 fully saturated rings. The van der Waals surface area contributed by atoms with Crippen LogP contribution in [0.5, 0.6) is 0 Å². The quantitative estimate of drug-likeness (QED) is 0.678. The SMILES string of the molecule is C[C@@H]1CC(=O)[C@@H]2[C@@H]3[C@H]1[C@@]2(C)[C@H](OS(C)(=O)=O)[C@@H]1OC(C)(C)O[C@H]1C3(C)C. The summed E-state index contributed by atoms with van der Waals surface area (Å²) in [7, 11) is -3.71. The Morgan fingerprint density at radius 1 is 1.08 bits per heavy atom. The van der Waals surface area contributed by atoms with E-state index in [9.17, 15) is 13.2 Å². The van der Waals surface area contributed by atoms with Gasteiger partial charge in [-0.15, -0.1) is 0 Å². The largest absolute Gasteiger partial charge is 0.344 e. The van der Waals surface area contributed by atoms with E-state index in [-0.39, 0.29) is 41.0 Å². The van der Waals surface area contributed by atoms with Gasteiger partial charge >= 0.3 is 0 Å². The molecule has 5 aliphatic carbocycles. The van der Waals surface area contributed by atoms with Gasteiger partial charge in [0.05, 0.1) is 12.4 Å². The van der Waals surface area contributed by atoms with E-state index in [0.29, 0.717) is 6.42 Å². The number of rotatable bonds is 2. The lowest BCUT2D eigenvalue weighted by molar-refractivity contribution is -0.255. The number of hydrogen-bond donors (Lipinski definition) is 0. The molecule has 26 heavy (non-hydrogen) atoms. The molecule has 0 unspecified atom stereocenters. The third kappa shape index (κ3) is 2.26. The van der Waals surface area contributed by atoms with Crippen LogP contribution in [0.3, 0.4) is 0 Å². The Morgan fingerprint density at radius 3 is 2.23 bits per heavy atom. The summed E-state index contributed by atoms with van der Waals surface area (Å²) in [6.07, 6.45) is 0.0755. The number of Topliss-reactive ketones (excluding diaryl/α,β-unsaturated/α-hetero) is 1. The second-order valence-corrected chi connectivity index (χ2v) is 11.7. The molecule has 6 aliphatic rings. The summed E-state index contributed by atoms with van der Waals surface area (Å²) >= 11 is 0. The highest BCUT2D eigenvalue weighted by Crippen LogP contribution is 2.74. The first-order valence-electron chi connectivity index (χ1n) is 9.47. The smallest absolute Gasteiger partial charge is 0.264 e. The predicted molar refractivity (Wildman–Crippen MR) is 94.7 cm³/mol. The third-order valence-electron chi connectivity index (χ3n) is 7.53. The van der Waals surface area contributed by atoms with Crippen LogP contribution in [0.25, 0.3) is 0 Å². The Labute approximate surface area is 156 Å². The molecular weight excluding hydrogens is 356 g/mol. The second kappa shape index (κ2) is 5.10. The Kier molecular flexibility index (Phi) is 3.70. The van der Waals surface area contributed by atoms with Crippen molar-refractivity contribution < 1.29 is 26.9 Å². The number of hydrogen-bond acceptors (Lipinski definition) is 6. The predicted octanol–water partition coefficient (Wildman–Crippen LogP) is 2.37. The first-order valence-corrected chi connectivity index (χ1v) is 11.3. The number of carbonyl (C=O) groups is 1. The van der Waals surface area contributed by atoms with Gasteiger partial charge in [-0.25, -0.2) is 0 Å². The van der Waals surface area contributed by atoms with Gasteiger partial charge in [-0.05, 0) is 37.0 Å². The van der Waals surface area contributed by atoms with Crippen LogP contribution in [0.2, 0.25) is 0 Å². The molecule has 4 bridgehead atoms. The standard InChI is InChI=1S/C19H30O6S/c1-9-8-10(20)12-13-11(9)19(12,6)16(25-26(7,21)22)14-15(17(13,2)3)24-18(4,5)23-14/h9,11-16H,8H2,1-7H3/t9-,11+,12-,13+,14-,15-,16-,19-/m1/s1. The second-order valence-electron chi connectivity index (χ2n) is 10.1. The Bertz CT molecular complexity index is 756. The molecule has 1 heterocycles. The molecule has 7 heteroatoms. The van der Waals surface area contributed by atoms with Gasteiger partial charge in [-0.2, -0.15) is 8.42 Å². The average molecular weight is 387 g/mol. The monoisotopic (exact) mass is 386 g/mol. The van der Waals surface area contributed by atoms with Crippen molar-refractivity contribution in [3.8, 4) is 0 Å². The minimum absolute atomic E-state index is 0.155. The normalized spacial score (nSPS) is 51.3. The average Bonchev–Trinajstić information content (AvgIpc) is 2.72. The molecule has 1 aliphatic heterocycles. The van der Waals surface area contributed by atoms with Crippen LogP contribution in [0.4, 0.5) is 0 Å². The summed E-state index contributed by atoms with van der Waals surface area (Å²) in [6.45, 7) is 12.1. The van der Waals surface area contributed by atoms with Crippen LogP contribution in [-0.2, 0) is 28.6 Å². The zero-order valence-electron chi connectivity index (χ0n) is 16.6. The lowest BCUT2D eigenvalue weighted by Crippen LogP contribution is -2.71. The van der Waals surface area contributed by atoms with Gasteiger partial charge in [0.25, 0.3) is 10.1 Å². The fraction of sp³-hybridized carbons (Fsp3) is 0.947. The molecule has 6 rings (SSSR count). The number of carbonyl (C=O) groups excluding carboxylic acids is 1. The van der Waals surface area contributed by atoms with Gasteiger partial charge in [0.15, 0.2) is 5.79 Å².